The molecular weight excluding hydrogens is 258 g/mol. The van der Waals surface area contributed by atoms with Gasteiger partial charge in [0.2, 0.25) is 0 Å². The lowest BCUT2D eigenvalue weighted by Crippen LogP contribution is -2.25. The van der Waals surface area contributed by atoms with Gasteiger partial charge in [-0.2, -0.15) is 5.10 Å². The molecule has 19 heavy (non-hydrogen) atoms. The van der Waals surface area contributed by atoms with Crippen molar-refractivity contribution in [2.24, 2.45) is 0 Å². The zero-order valence-electron chi connectivity index (χ0n) is 9.51. The normalized spacial score (nSPS) is 10.4. The van der Waals surface area contributed by atoms with Crippen LogP contribution in [-0.4, -0.2) is 20.9 Å². The van der Waals surface area contributed by atoms with Crippen molar-refractivity contribution in [3.8, 4) is 0 Å². The number of rotatable bonds is 3. The number of hydrogen-bond acceptors (Lipinski definition) is 3. The van der Waals surface area contributed by atoms with Crippen molar-refractivity contribution >= 4 is 5.97 Å². The summed E-state index contributed by atoms with van der Waals surface area (Å²) in [6.07, 6.45) is 0. The standard InChI is InChI=1S/C12H8F2N2O3/c13-8-2-1-3-9(14)7(8)6-16-11(17)5-4-10(15-16)12(18)19/h1-5H,6H2,(H,18,19). The number of benzene rings is 1. The van der Waals surface area contributed by atoms with Crippen LogP contribution >= 0.6 is 0 Å². The average molecular weight is 266 g/mol. The Hall–Kier alpha value is -2.57. The van der Waals surface area contributed by atoms with Gasteiger partial charge in [-0.1, -0.05) is 6.07 Å². The molecule has 0 atom stereocenters. The largest absolute Gasteiger partial charge is 0.476 e. The highest BCUT2D eigenvalue weighted by atomic mass is 19.1. The van der Waals surface area contributed by atoms with Gasteiger partial charge in [0, 0.05) is 11.6 Å². The molecule has 5 nitrogen and oxygen atoms in total. The summed E-state index contributed by atoms with van der Waals surface area (Å²) < 4.78 is 27.6. The van der Waals surface area contributed by atoms with Crippen LogP contribution in [0.5, 0.6) is 0 Å². The van der Waals surface area contributed by atoms with E-state index in [0.29, 0.717) is 4.68 Å². The lowest BCUT2D eigenvalue weighted by molar-refractivity contribution is 0.0687. The molecule has 1 heterocycles. The molecule has 0 amide bonds. The highest BCUT2D eigenvalue weighted by Crippen LogP contribution is 2.12. The summed E-state index contributed by atoms with van der Waals surface area (Å²) >= 11 is 0. The number of halogens is 2. The van der Waals surface area contributed by atoms with Crippen LogP contribution in [0.4, 0.5) is 8.78 Å². The minimum absolute atomic E-state index is 0.348. The van der Waals surface area contributed by atoms with Crippen LogP contribution in [0.25, 0.3) is 0 Å². The molecule has 0 saturated heterocycles. The van der Waals surface area contributed by atoms with Gasteiger partial charge in [-0.05, 0) is 18.2 Å². The van der Waals surface area contributed by atoms with E-state index < -0.39 is 29.7 Å². The van der Waals surface area contributed by atoms with Crippen molar-refractivity contribution < 1.29 is 18.7 Å². The van der Waals surface area contributed by atoms with Gasteiger partial charge < -0.3 is 5.11 Å². The van der Waals surface area contributed by atoms with E-state index in [9.17, 15) is 18.4 Å². The van der Waals surface area contributed by atoms with E-state index >= 15 is 0 Å². The fraction of sp³-hybridized carbons (Fsp3) is 0.0833. The molecular formula is C12H8F2N2O3. The van der Waals surface area contributed by atoms with Crippen LogP contribution in [0.15, 0.2) is 35.1 Å². The highest BCUT2D eigenvalue weighted by molar-refractivity contribution is 5.84. The van der Waals surface area contributed by atoms with Crippen LogP contribution < -0.4 is 5.56 Å². The monoisotopic (exact) mass is 266 g/mol. The number of nitrogens with zero attached hydrogens (tertiary/aromatic N) is 2. The second kappa shape index (κ2) is 4.97. The first-order chi connectivity index (χ1) is 8.99. The molecule has 0 radical (unpaired) electrons. The maximum Gasteiger partial charge on any atom is 0.356 e. The van der Waals surface area contributed by atoms with Crippen molar-refractivity contribution in [2.45, 2.75) is 6.54 Å². The van der Waals surface area contributed by atoms with Gasteiger partial charge in [-0.3, -0.25) is 4.79 Å². The summed E-state index contributed by atoms with van der Waals surface area (Å²) in [6, 6.07) is 5.29. The molecule has 0 saturated carbocycles. The molecule has 7 heteroatoms. The fourth-order valence-electron chi connectivity index (χ4n) is 1.51. The third kappa shape index (κ3) is 2.65. The average Bonchev–Trinajstić information content (AvgIpc) is 2.35. The van der Waals surface area contributed by atoms with E-state index in [1.807, 2.05) is 0 Å². The van der Waals surface area contributed by atoms with Gasteiger partial charge in [-0.25, -0.2) is 18.3 Å². The molecule has 0 fully saturated rings. The van der Waals surface area contributed by atoms with Gasteiger partial charge >= 0.3 is 5.97 Å². The maximum atomic E-state index is 13.4. The minimum atomic E-state index is -1.33. The molecule has 2 rings (SSSR count). The second-order valence-electron chi connectivity index (χ2n) is 3.72. The number of aromatic nitrogens is 2. The van der Waals surface area contributed by atoms with Crippen molar-refractivity contribution in [3.05, 3.63) is 63.6 Å². The van der Waals surface area contributed by atoms with Crippen LogP contribution in [0.1, 0.15) is 16.1 Å². The van der Waals surface area contributed by atoms with Crippen LogP contribution in [0.3, 0.4) is 0 Å². The van der Waals surface area contributed by atoms with Crippen LogP contribution in [0.2, 0.25) is 0 Å². The molecule has 1 aromatic carbocycles. The smallest absolute Gasteiger partial charge is 0.356 e. The van der Waals surface area contributed by atoms with Gasteiger partial charge in [-0.15, -0.1) is 0 Å². The quantitative estimate of drug-likeness (QED) is 0.908. The van der Waals surface area contributed by atoms with Crippen molar-refractivity contribution in [3.63, 3.8) is 0 Å². The third-order valence-electron chi connectivity index (χ3n) is 2.46. The number of carbonyl (C=O) groups is 1. The zero-order chi connectivity index (χ0) is 14.0. The Morgan fingerprint density at radius 3 is 2.42 bits per heavy atom. The maximum absolute atomic E-state index is 13.4. The summed E-state index contributed by atoms with van der Waals surface area (Å²) in [4.78, 5) is 22.2. The predicted molar refractivity (Wildman–Crippen MR) is 60.9 cm³/mol. The molecule has 0 aliphatic heterocycles. The summed E-state index contributed by atoms with van der Waals surface area (Å²) in [5.74, 6) is -2.98. The third-order valence-corrected chi connectivity index (χ3v) is 2.46. The summed E-state index contributed by atoms with van der Waals surface area (Å²) in [6.45, 7) is -0.474. The van der Waals surface area contributed by atoms with E-state index in [-0.39, 0.29) is 11.3 Å². The van der Waals surface area contributed by atoms with Crippen molar-refractivity contribution in [2.75, 3.05) is 0 Å². The van der Waals surface area contributed by atoms with Crippen molar-refractivity contribution in [1.29, 1.82) is 0 Å². The summed E-state index contributed by atoms with van der Waals surface area (Å²) in [5.41, 5.74) is -1.37. The Morgan fingerprint density at radius 2 is 1.84 bits per heavy atom. The lowest BCUT2D eigenvalue weighted by Gasteiger charge is -2.07. The predicted octanol–water partition coefficient (Wildman–Crippen LogP) is 1.27. The Balaban J connectivity index is 2.46. The van der Waals surface area contributed by atoms with Crippen molar-refractivity contribution in [1.82, 2.24) is 9.78 Å². The molecule has 1 N–H and O–H groups in total. The topological polar surface area (TPSA) is 72.2 Å². The van der Waals surface area contributed by atoms with Crippen LogP contribution in [0, 0.1) is 11.6 Å². The summed E-state index contributed by atoms with van der Waals surface area (Å²) in [7, 11) is 0. The molecule has 0 aliphatic rings. The van der Waals surface area contributed by atoms with E-state index in [4.69, 9.17) is 5.11 Å². The van der Waals surface area contributed by atoms with Crippen LogP contribution in [-0.2, 0) is 6.54 Å². The Morgan fingerprint density at radius 1 is 1.21 bits per heavy atom. The van der Waals surface area contributed by atoms with Gasteiger partial charge in [0.05, 0.1) is 6.54 Å². The Kier molecular flexibility index (Phi) is 3.37. The Labute approximate surface area is 105 Å². The van der Waals surface area contributed by atoms with E-state index in [0.717, 1.165) is 24.3 Å². The van der Waals surface area contributed by atoms with Gasteiger partial charge in [0.15, 0.2) is 5.69 Å². The van der Waals surface area contributed by atoms with E-state index in [1.54, 1.807) is 0 Å². The first-order valence-electron chi connectivity index (χ1n) is 5.23. The number of hydrogen-bond donors (Lipinski definition) is 1. The number of carboxylic acids is 1. The van der Waals surface area contributed by atoms with Gasteiger partial charge in [0.1, 0.15) is 11.6 Å². The highest BCUT2D eigenvalue weighted by Gasteiger charge is 2.12. The first-order valence-corrected chi connectivity index (χ1v) is 5.23. The molecule has 0 bridgehead atoms. The lowest BCUT2D eigenvalue weighted by atomic mass is 10.2. The first kappa shape index (κ1) is 12.9. The summed E-state index contributed by atoms with van der Waals surface area (Å²) in [5, 5.41) is 12.3. The number of carboxylic acid groups (broad SMARTS) is 1. The van der Waals surface area contributed by atoms with Gasteiger partial charge in [0.25, 0.3) is 5.56 Å². The van der Waals surface area contributed by atoms with E-state index in [2.05, 4.69) is 5.10 Å². The molecule has 2 aromatic rings. The molecule has 0 spiro atoms. The second-order valence-corrected chi connectivity index (χ2v) is 3.72. The zero-order valence-corrected chi connectivity index (χ0v) is 9.51. The minimum Gasteiger partial charge on any atom is -0.476 e. The SMILES string of the molecule is O=C(O)c1ccc(=O)n(Cc2c(F)cccc2F)n1. The Bertz CT molecular complexity index is 677. The molecule has 0 aliphatic carbocycles. The molecule has 0 unspecified atom stereocenters. The fourth-order valence-corrected chi connectivity index (χ4v) is 1.51. The van der Waals surface area contributed by atoms with E-state index in [1.165, 1.54) is 6.07 Å². The number of aromatic carboxylic acids is 1. The molecule has 1 aromatic heterocycles. The molecule has 98 valence electrons.